The molecular formula is C7H7N5O. The second-order valence-corrected chi connectivity index (χ2v) is 2.56. The van der Waals surface area contributed by atoms with Crippen molar-refractivity contribution in [3.63, 3.8) is 0 Å². The molecule has 0 aliphatic heterocycles. The van der Waals surface area contributed by atoms with Crippen LogP contribution in [0, 0.1) is 0 Å². The van der Waals surface area contributed by atoms with Crippen molar-refractivity contribution < 1.29 is 5.11 Å². The summed E-state index contributed by atoms with van der Waals surface area (Å²) in [5.74, 6) is 0.670. The molecule has 0 amide bonds. The van der Waals surface area contributed by atoms with Gasteiger partial charge in [0.15, 0.2) is 5.82 Å². The van der Waals surface area contributed by atoms with Crippen molar-refractivity contribution in [2.45, 2.75) is 0 Å². The van der Waals surface area contributed by atoms with Crippen molar-refractivity contribution in [2.75, 3.05) is 0 Å². The van der Waals surface area contributed by atoms with Gasteiger partial charge >= 0.3 is 0 Å². The van der Waals surface area contributed by atoms with Crippen LogP contribution in [-0.2, 0) is 7.05 Å². The maximum atomic E-state index is 9.16. The first-order valence-electron chi connectivity index (χ1n) is 3.64. The van der Waals surface area contributed by atoms with E-state index in [1.165, 1.54) is 10.9 Å². The molecule has 0 atom stereocenters. The lowest BCUT2D eigenvalue weighted by molar-refractivity contribution is 0.473. The lowest BCUT2D eigenvalue weighted by Crippen LogP contribution is -1.94. The van der Waals surface area contributed by atoms with Crippen LogP contribution in [0.25, 0.3) is 11.4 Å². The largest absolute Gasteiger partial charge is 0.506 e. The number of hydrogen-bond acceptors (Lipinski definition) is 5. The number of aromatic nitrogens is 5. The predicted molar refractivity (Wildman–Crippen MR) is 43.7 cm³/mol. The first-order chi connectivity index (χ1) is 6.27. The maximum absolute atomic E-state index is 9.16. The molecule has 0 aromatic carbocycles. The second-order valence-electron chi connectivity index (χ2n) is 2.56. The minimum absolute atomic E-state index is 0.0977. The number of pyridine rings is 1. The summed E-state index contributed by atoms with van der Waals surface area (Å²) >= 11 is 0. The standard InChI is InChI=1S/C7H7N5O/c1-12-7(9-10-11-12)5-2-6(13)4-8-3-5/h2-4,13H,1H3. The Hall–Kier alpha value is -1.98. The molecule has 2 aromatic heterocycles. The molecule has 6 nitrogen and oxygen atoms in total. The normalized spacial score (nSPS) is 10.2. The minimum Gasteiger partial charge on any atom is -0.506 e. The van der Waals surface area contributed by atoms with Crippen LogP contribution in [0.3, 0.4) is 0 Å². The molecule has 0 aliphatic rings. The van der Waals surface area contributed by atoms with Crippen LogP contribution < -0.4 is 0 Å². The van der Waals surface area contributed by atoms with Crippen molar-refractivity contribution in [1.29, 1.82) is 0 Å². The molecule has 66 valence electrons. The van der Waals surface area contributed by atoms with E-state index >= 15 is 0 Å². The van der Waals surface area contributed by atoms with Crippen LogP contribution in [0.2, 0.25) is 0 Å². The zero-order valence-corrected chi connectivity index (χ0v) is 6.92. The first-order valence-corrected chi connectivity index (χ1v) is 3.64. The third-order valence-electron chi connectivity index (χ3n) is 1.60. The lowest BCUT2D eigenvalue weighted by atomic mass is 10.2. The van der Waals surface area contributed by atoms with Crippen LogP contribution >= 0.6 is 0 Å². The highest BCUT2D eigenvalue weighted by molar-refractivity contribution is 5.54. The molecule has 1 N–H and O–H groups in total. The Labute approximate surface area is 73.9 Å². The van der Waals surface area contributed by atoms with Gasteiger partial charge in [-0.3, -0.25) is 4.98 Å². The van der Waals surface area contributed by atoms with E-state index in [1.54, 1.807) is 19.3 Å². The summed E-state index contributed by atoms with van der Waals surface area (Å²) in [6.07, 6.45) is 2.94. The number of hydrogen-bond donors (Lipinski definition) is 1. The molecule has 0 fully saturated rings. The first kappa shape index (κ1) is 7.66. The summed E-state index contributed by atoms with van der Waals surface area (Å²) < 4.78 is 1.51. The number of aryl methyl sites for hydroxylation is 1. The molecule has 2 heterocycles. The van der Waals surface area contributed by atoms with Gasteiger partial charge in [0.2, 0.25) is 0 Å². The van der Waals surface area contributed by atoms with E-state index in [0.717, 1.165) is 0 Å². The van der Waals surface area contributed by atoms with E-state index in [0.29, 0.717) is 11.4 Å². The fraction of sp³-hybridized carbons (Fsp3) is 0.143. The highest BCUT2D eigenvalue weighted by Gasteiger charge is 2.05. The van der Waals surface area contributed by atoms with Crippen molar-refractivity contribution in [1.82, 2.24) is 25.2 Å². The van der Waals surface area contributed by atoms with Gasteiger partial charge in [-0.25, -0.2) is 4.68 Å². The molecule has 0 bridgehead atoms. The fourth-order valence-corrected chi connectivity index (χ4v) is 1.02. The van der Waals surface area contributed by atoms with E-state index in [2.05, 4.69) is 20.5 Å². The number of nitrogens with zero attached hydrogens (tertiary/aromatic N) is 5. The quantitative estimate of drug-likeness (QED) is 0.662. The molecule has 0 saturated carbocycles. The van der Waals surface area contributed by atoms with Gasteiger partial charge in [0.05, 0.1) is 6.20 Å². The topological polar surface area (TPSA) is 76.7 Å². The van der Waals surface area contributed by atoms with Gasteiger partial charge in [0.25, 0.3) is 0 Å². The van der Waals surface area contributed by atoms with Gasteiger partial charge < -0.3 is 5.11 Å². The van der Waals surface area contributed by atoms with Crippen molar-refractivity contribution in [3.8, 4) is 17.1 Å². The molecule has 13 heavy (non-hydrogen) atoms. The molecule has 0 unspecified atom stereocenters. The highest BCUT2D eigenvalue weighted by Crippen LogP contribution is 2.17. The Morgan fingerprint density at radius 2 is 2.23 bits per heavy atom. The van der Waals surface area contributed by atoms with Crippen LogP contribution in [0.4, 0.5) is 0 Å². The smallest absolute Gasteiger partial charge is 0.183 e. The summed E-state index contributed by atoms with van der Waals surface area (Å²) in [7, 11) is 1.72. The van der Waals surface area contributed by atoms with Crippen molar-refractivity contribution >= 4 is 0 Å². The summed E-state index contributed by atoms with van der Waals surface area (Å²) in [6, 6.07) is 1.55. The van der Waals surface area contributed by atoms with Gasteiger partial charge in [0.1, 0.15) is 5.75 Å². The summed E-state index contributed by atoms with van der Waals surface area (Å²) in [5.41, 5.74) is 0.688. The van der Waals surface area contributed by atoms with Crippen molar-refractivity contribution in [2.24, 2.45) is 7.05 Å². The molecule has 2 aromatic rings. The molecular weight excluding hydrogens is 170 g/mol. The Bertz CT molecular complexity index is 424. The molecule has 0 radical (unpaired) electrons. The third kappa shape index (κ3) is 1.33. The summed E-state index contributed by atoms with van der Waals surface area (Å²) in [5, 5.41) is 20.1. The SMILES string of the molecule is Cn1nnnc1-c1cncc(O)c1. The molecule has 0 aliphatic carbocycles. The molecule has 0 saturated heterocycles. The number of rotatable bonds is 1. The Balaban J connectivity index is 2.53. The number of tetrazole rings is 1. The van der Waals surface area contributed by atoms with Crippen LogP contribution in [0.15, 0.2) is 18.5 Å². The fourth-order valence-electron chi connectivity index (χ4n) is 1.02. The second kappa shape index (κ2) is 2.81. The maximum Gasteiger partial charge on any atom is 0.183 e. The van der Waals surface area contributed by atoms with Gasteiger partial charge in [-0.1, -0.05) is 0 Å². The van der Waals surface area contributed by atoms with Crippen LogP contribution in [0.5, 0.6) is 5.75 Å². The zero-order chi connectivity index (χ0) is 9.26. The monoisotopic (exact) mass is 177 g/mol. The average molecular weight is 177 g/mol. The Morgan fingerprint density at radius 1 is 1.38 bits per heavy atom. The molecule has 0 spiro atoms. The minimum atomic E-state index is 0.0977. The van der Waals surface area contributed by atoms with Gasteiger partial charge in [-0.05, 0) is 16.5 Å². The lowest BCUT2D eigenvalue weighted by Gasteiger charge is -1.97. The average Bonchev–Trinajstić information content (AvgIpc) is 2.51. The zero-order valence-electron chi connectivity index (χ0n) is 6.92. The Kier molecular flexibility index (Phi) is 1.66. The van der Waals surface area contributed by atoms with Crippen LogP contribution in [-0.4, -0.2) is 30.3 Å². The summed E-state index contributed by atoms with van der Waals surface area (Å²) in [4.78, 5) is 3.82. The molecule has 6 heteroatoms. The van der Waals surface area contributed by atoms with E-state index in [1.807, 2.05) is 0 Å². The van der Waals surface area contributed by atoms with E-state index in [9.17, 15) is 0 Å². The van der Waals surface area contributed by atoms with Crippen molar-refractivity contribution in [3.05, 3.63) is 18.5 Å². The van der Waals surface area contributed by atoms with Gasteiger partial charge in [0, 0.05) is 18.8 Å². The Morgan fingerprint density at radius 3 is 2.85 bits per heavy atom. The summed E-state index contributed by atoms with van der Waals surface area (Å²) in [6.45, 7) is 0. The third-order valence-corrected chi connectivity index (χ3v) is 1.60. The predicted octanol–water partition coefficient (Wildman–Crippen LogP) is -0.0223. The van der Waals surface area contributed by atoms with Gasteiger partial charge in [-0.15, -0.1) is 5.10 Å². The van der Waals surface area contributed by atoms with Gasteiger partial charge in [-0.2, -0.15) is 0 Å². The number of aromatic hydroxyl groups is 1. The van der Waals surface area contributed by atoms with E-state index in [4.69, 9.17) is 5.11 Å². The molecule has 2 rings (SSSR count). The van der Waals surface area contributed by atoms with E-state index in [-0.39, 0.29) is 5.75 Å². The highest BCUT2D eigenvalue weighted by atomic mass is 16.3. The van der Waals surface area contributed by atoms with E-state index < -0.39 is 0 Å². The van der Waals surface area contributed by atoms with Crippen LogP contribution in [0.1, 0.15) is 0 Å².